The van der Waals surface area contributed by atoms with Crippen molar-refractivity contribution in [3.05, 3.63) is 256 Å². The second kappa shape index (κ2) is 29.6. The molecule has 0 atom stereocenters. The molecule has 8 nitrogen and oxygen atoms in total. The molecule has 0 unspecified atom stereocenters. The zero-order valence-corrected chi connectivity index (χ0v) is 43.1. The van der Waals surface area contributed by atoms with E-state index in [1.807, 2.05) is 67.8 Å². The number of halogens is 3. The summed E-state index contributed by atoms with van der Waals surface area (Å²) in [6, 6.07) is 72.6. The normalized spacial score (nSPS) is 10.3. The van der Waals surface area contributed by atoms with Crippen LogP contribution < -0.4 is 31.8 Å². The van der Waals surface area contributed by atoms with Crippen molar-refractivity contribution in [3.63, 3.8) is 0 Å². The number of nitrogens with zero attached hydrogens (tertiary/aromatic N) is 8. The van der Waals surface area contributed by atoms with Gasteiger partial charge in [0.15, 0.2) is 0 Å². The fourth-order valence-electron chi connectivity index (χ4n) is 6.46. The van der Waals surface area contributed by atoms with Gasteiger partial charge in [-0.3, -0.25) is 18.7 Å². The SMILES string of the molecule is [ClH+][Ru]([ClH+])[ClH+].[Ru+2].c1ccc([PH+](c2ccccc2)c2ccccc2)cc1.c1ccc([PH+](c2ccccc2)c2ccccc2)cc1.c1cnn(Cn2cccn2)c1.c1cnn(Cn2cccn2)c1. The molecule has 0 fully saturated rings. The smallest absolute Gasteiger partial charge is 0.251 e. The van der Waals surface area contributed by atoms with Gasteiger partial charge in [-0.25, -0.2) is 0 Å². The van der Waals surface area contributed by atoms with Gasteiger partial charge in [0, 0.05) is 49.6 Å². The number of hydrogen-bond donors (Lipinski definition) is 0. The van der Waals surface area contributed by atoms with E-state index in [1.165, 1.54) is 31.8 Å². The van der Waals surface area contributed by atoms with Gasteiger partial charge in [0.05, 0.1) is 15.8 Å². The second-order valence-corrected chi connectivity index (χ2v) is 27.8. The Kier molecular flexibility index (Phi) is 23.3. The van der Waals surface area contributed by atoms with Crippen molar-refractivity contribution in [3.8, 4) is 0 Å². The van der Waals surface area contributed by atoms with Gasteiger partial charge in [0.1, 0.15) is 45.2 Å². The molecule has 65 heavy (non-hydrogen) atoms. The summed E-state index contributed by atoms with van der Waals surface area (Å²) in [6.45, 7) is 1.36. The van der Waals surface area contributed by atoms with Gasteiger partial charge in [-0.15, -0.1) is 0 Å². The minimum absolute atomic E-state index is 0. The van der Waals surface area contributed by atoms with Gasteiger partial charge in [-0.05, 0) is 97.1 Å². The van der Waals surface area contributed by atoms with Crippen LogP contribution in [-0.4, -0.2) is 39.1 Å². The van der Waals surface area contributed by atoms with Crippen LogP contribution >= 0.6 is 15.8 Å². The van der Waals surface area contributed by atoms with Crippen LogP contribution in [-0.2, 0) is 45.8 Å². The van der Waals surface area contributed by atoms with E-state index in [1.54, 1.807) is 24.8 Å². The van der Waals surface area contributed by atoms with E-state index in [4.69, 9.17) is 0 Å². The van der Waals surface area contributed by atoms with Crippen molar-refractivity contribution in [2.24, 2.45) is 0 Å². The van der Waals surface area contributed by atoms with Crippen LogP contribution in [0.4, 0.5) is 0 Å². The summed E-state index contributed by atoms with van der Waals surface area (Å²) >= 11 is -1.42. The van der Waals surface area contributed by atoms with E-state index in [0.29, 0.717) is 13.3 Å². The molecule has 0 aliphatic rings. The summed E-state index contributed by atoms with van der Waals surface area (Å²) in [5.41, 5.74) is 0. The van der Waals surface area contributed by atoms with Crippen molar-refractivity contribution in [2.75, 3.05) is 0 Å². The fraction of sp³-hybridized carbons (Fsp3) is 0.0400. The topological polar surface area (TPSA) is 71.3 Å². The quantitative estimate of drug-likeness (QED) is 0.113. The van der Waals surface area contributed by atoms with Crippen molar-refractivity contribution < 1.29 is 61.5 Å². The monoisotopic (exact) mass is 1130 g/mol. The summed E-state index contributed by atoms with van der Waals surface area (Å²) in [4.78, 5) is 0. The van der Waals surface area contributed by atoms with E-state index < -0.39 is 28.8 Å². The average molecular weight is 1130 g/mol. The van der Waals surface area contributed by atoms with Gasteiger partial charge < -0.3 is 0 Å². The maximum Gasteiger partial charge on any atom is 2.00 e. The first-order valence-electron chi connectivity index (χ1n) is 20.2. The van der Waals surface area contributed by atoms with Gasteiger partial charge in [0.25, 0.3) is 0 Å². The van der Waals surface area contributed by atoms with Crippen molar-refractivity contribution in [1.82, 2.24) is 39.1 Å². The summed E-state index contributed by atoms with van der Waals surface area (Å²) < 4.78 is 7.25. The molecule has 4 aromatic heterocycles. The molecule has 6 aromatic carbocycles. The van der Waals surface area contributed by atoms with Crippen LogP contribution in [0.1, 0.15) is 0 Å². The zero-order valence-electron chi connectivity index (χ0n) is 35.2. The molecule has 0 N–H and O–H groups in total. The van der Waals surface area contributed by atoms with E-state index in [2.05, 4.69) is 231 Å². The molecule has 10 aromatic rings. The molecule has 0 saturated carbocycles. The Bertz CT molecular complexity index is 2200. The van der Waals surface area contributed by atoms with Crippen LogP contribution in [0.25, 0.3) is 0 Å². The van der Waals surface area contributed by atoms with Gasteiger partial charge >= 0.3 is 61.5 Å². The van der Waals surface area contributed by atoms with Crippen LogP contribution in [0.15, 0.2) is 256 Å². The molecular weight excluding hydrogens is 1080 g/mol. The van der Waals surface area contributed by atoms with Crippen LogP contribution in [0, 0.1) is 29.1 Å². The molecule has 15 heteroatoms. The molecule has 10 rings (SSSR count). The van der Waals surface area contributed by atoms with Gasteiger partial charge in [-0.1, -0.05) is 109 Å². The Labute approximate surface area is 414 Å². The number of aromatic nitrogens is 8. The van der Waals surface area contributed by atoms with Crippen molar-refractivity contribution in [2.45, 2.75) is 13.3 Å². The number of benzene rings is 6. The van der Waals surface area contributed by atoms with Gasteiger partial charge in [0.2, 0.25) is 0 Å². The first kappa shape index (κ1) is 51.1. The third-order valence-corrected chi connectivity index (χ3v) is 14.7. The third-order valence-electron chi connectivity index (χ3n) is 9.19. The first-order chi connectivity index (χ1) is 31.5. The summed E-state index contributed by atoms with van der Waals surface area (Å²) in [7, 11) is 11.4. The summed E-state index contributed by atoms with van der Waals surface area (Å²) in [5, 5.41) is 24.8. The maximum absolute atomic E-state index is 4.39. The maximum atomic E-state index is 4.39. The Morgan fingerprint density at radius 1 is 0.308 bits per heavy atom. The van der Waals surface area contributed by atoms with Crippen molar-refractivity contribution >= 4 is 47.7 Å². The third kappa shape index (κ3) is 18.1. The molecule has 0 aliphatic carbocycles. The minimum Gasteiger partial charge on any atom is -0.251 e. The molecule has 0 bridgehead atoms. The molecule has 4 heterocycles. The summed E-state index contributed by atoms with van der Waals surface area (Å²) in [5.74, 6) is 0. The van der Waals surface area contributed by atoms with Gasteiger partial charge in [-0.2, -0.15) is 20.4 Å². The molecule has 0 spiro atoms. The van der Waals surface area contributed by atoms with E-state index in [-0.39, 0.29) is 19.5 Å². The van der Waals surface area contributed by atoms with Crippen LogP contribution in [0.5, 0.6) is 0 Å². The molecule has 0 aliphatic heterocycles. The Hall–Kier alpha value is -4.86. The first-order valence-corrected chi connectivity index (χ1v) is 30.4. The predicted molar refractivity (Wildman–Crippen MR) is 257 cm³/mol. The Morgan fingerprint density at radius 2 is 0.477 bits per heavy atom. The second-order valence-electron chi connectivity index (χ2n) is 13.6. The Morgan fingerprint density at radius 3 is 0.615 bits per heavy atom. The standard InChI is InChI=1S/2C18H15P.2C7H8N4.3ClH.2Ru/c2*1-4-10-16(11-5-1)19(17-12-6-2-7-13-17)18-14-8-3-9-15-18;2*1-3-8-10(5-1)7-11-6-2-4-9-11;;;;;/h2*1-15H;2*1-6H,7H2;3*1H;;/q;;;;;;;+2;+3/p+2. The van der Waals surface area contributed by atoms with Crippen LogP contribution in [0.3, 0.4) is 0 Å². The summed E-state index contributed by atoms with van der Waals surface area (Å²) in [6.07, 6.45) is 14.6. The zero-order chi connectivity index (χ0) is 44.4. The molecule has 0 amide bonds. The minimum atomic E-state index is -1.42. The molecule has 0 radical (unpaired) electrons. The van der Waals surface area contributed by atoms with E-state index >= 15 is 0 Å². The number of hydrogen-bond acceptors (Lipinski definition) is 4. The van der Waals surface area contributed by atoms with E-state index in [9.17, 15) is 0 Å². The predicted octanol–water partition coefficient (Wildman–Crippen LogP) is 6.72. The average Bonchev–Trinajstić information content (AvgIpc) is 4.22. The Balaban J connectivity index is 0.000000162. The molecule has 0 saturated heterocycles. The number of rotatable bonds is 10. The van der Waals surface area contributed by atoms with Crippen LogP contribution in [0.2, 0.25) is 0 Å². The molecular formula is C50H51Cl3N8P2Ru2+7. The fourth-order valence-corrected chi connectivity index (χ4v) is 11.6. The molecule has 331 valence electrons. The van der Waals surface area contributed by atoms with Crippen molar-refractivity contribution in [1.29, 1.82) is 0 Å². The largest absolute Gasteiger partial charge is 2.00 e. The van der Waals surface area contributed by atoms with E-state index in [0.717, 1.165) is 0 Å².